The van der Waals surface area contributed by atoms with Gasteiger partial charge >= 0.3 is 17.8 Å². The molecule has 0 amide bonds. The summed E-state index contributed by atoms with van der Waals surface area (Å²) in [5.74, 6) is -4.12. The second-order valence-corrected chi connectivity index (χ2v) is 8.69. The van der Waals surface area contributed by atoms with Crippen molar-refractivity contribution in [3.05, 3.63) is 0 Å². The summed E-state index contributed by atoms with van der Waals surface area (Å²) in [4.78, 5) is 24.9. The Balaban J connectivity index is 1.66. The van der Waals surface area contributed by atoms with E-state index in [2.05, 4.69) is 8.75 Å². The number of aromatic nitrogens is 2. The minimum Gasteiger partial charge on any atom is -0.461 e. The van der Waals surface area contributed by atoms with Crippen LogP contribution < -0.4 is 4.74 Å². The van der Waals surface area contributed by atoms with Gasteiger partial charge in [-0.3, -0.25) is 0 Å². The van der Waals surface area contributed by atoms with Gasteiger partial charge in [0.2, 0.25) is 14.9 Å². The first-order valence-corrected chi connectivity index (χ1v) is 10.2. The van der Waals surface area contributed by atoms with Gasteiger partial charge in [-0.05, 0) is 12.8 Å². The van der Waals surface area contributed by atoms with E-state index >= 15 is 0 Å². The number of fused-ring (bicyclic) bond motifs is 3. The second kappa shape index (κ2) is 5.61. The van der Waals surface area contributed by atoms with E-state index in [4.69, 9.17) is 14.2 Å². The quantitative estimate of drug-likeness (QED) is 0.483. The molecular weight excluding hydrogens is 374 g/mol. The number of carbonyl (C=O) groups excluding carboxylic acids is 2. The van der Waals surface area contributed by atoms with Crippen molar-refractivity contribution in [1.29, 1.82) is 0 Å². The van der Waals surface area contributed by atoms with Crippen LogP contribution in [0.5, 0.6) is 5.88 Å². The average molecular weight is 389 g/mol. The van der Waals surface area contributed by atoms with Gasteiger partial charge in [0.15, 0.2) is 6.10 Å². The predicted molar refractivity (Wildman–Crippen MR) is 81.3 cm³/mol. The van der Waals surface area contributed by atoms with Gasteiger partial charge in [-0.15, -0.1) is 4.37 Å². The molecule has 3 aliphatic rings. The predicted octanol–water partition coefficient (Wildman–Crippen LogP) is -0.441. The average Bonchev–Trinajstić information content (AvgIpc) is 3.28. The van der Waals surface area contributed by atoms with Crippen molar-refractivity contribution >= 4 is 33.5 Å². The molecule has 1 aromatic rings. The Morgan fingerprint density at radius 3 is 2.72 bits per heavy atom. The van der Waals surface area contributed by atoms with E-state index in [0.29, 0.717) is 19.5 Å². The fourth-order valence-corrected chi connectivity index (χ4v) is 5.60. The SMILES string of the molecule is CCCS(=O)(=O)c1nsnc1OC1C2CCN(C2)C12OC(=O)C(=O)O2. The van der Waals surface area contributed by atoms with E-state index < -0.39 is 33.8 Å². The van der Waals surface area contributed by atoms with Gasteiger partial charge in [-0.25, -0.2) is 22.9 Å². The summed E-state index contributed by atoms with van der Waals surface area (Å²) in [5, 5.41) is -0.233. The molecule has 0 aliphatic carbocycles. The van der Waals surface area contributed by atoms with E-state index in [1.165, 1.54) is 0 Å². The molecule has 2 bridgehead atoms. The maximum absolute atomic E-state index is 12.3. The molecule has 1 aromatic heterocycles. The van der Waals surface area contributed by atoms with Gasteiger partial charge in [0.1, 0.15) is 0 Å². The second-order valence-electron chi connectivity index (χ2n) is 6.14. The normalized spacial score (nSPS) is 29.9. The van der Waals surface area contributed by atoms with Crippen LogP contribution in [0.15, 0.2) is 5.03 Å². The van der Waals surface area contributed by atoms with Crippen LogP contribution in [0.2, 0.25) is 0 Å². The summed E-state index contributed by atoms with van der Waals surface area (Å²) in [5.41, 5.74) is 0. The van der Waals surface area contributed by atoms with Crippen molar-refractivity contribution in [3.8, 4) is 5.88 Å². The molecule has 1 spiro atoms. The highest BCUT2D eigenvalue weighted by Crippen LogP contribution is 2.47. The Kier molecular flexibility index (Phi) is 3.74. The topological polar surface area (TPSA) is 125 Å². The van der Waals surface area contributed by atoms with Gasteiger partial charge in [0.25, 0.3) is 5.88 Å². The summed E-state index contributed by atoms with van der Waals surface area (Å²) in [7, 11) is -3.63. The number of piperidine rings is 1. The molecule has 4 heterocycles. The number of hydrogen-bond donors (Lipinski definition) is 0. The number of rotatable bonds is 5. The molecule has 0 radical (unpaired) electrons. The lowest BCUT2D eigenvalue weighted by atomic mass is 9.99. The number of ether oxygens (including phenoxy) is 3. The van der Waals surface area contributed by atoms with E-state index in [1.54, 1.807) is 11.8 Å². The Bertz CT molecular complexity index is 820. The van der Waals surface area contributed by atoms with Crippen LogP contribution in [0.1, 0.15) is 19.8 Å². The zero-order valence-electron chi connectivity index (χ0n) is 13.2. The summed E-state index contributed by atoms with van der Waals surface area (Å²) in [6.45, 7) is 2.84. The Labute approximate surface area is 147 Å². The monoisotopic (exact) mass is 389 g/mol. The number of carbonyl (C=O) groups is 2. The third kappa shape index (κ3) is 2.42. The molecule has 10 nitrogen and oxygen atoms in total. The number of nitrogens with zero attached hydrogens (tertiary/aromatic N) is 3. The zero-order valence-corrected chi connectivity index (χ0v) is 14.8. The first-order valence-electron chi connectivity index (χ1n) is 7.80. The molecule has 3 saturated heterocycles. The summed E-state index contributed by atoms with van der Waals surface area (Å²) < 4.78 is 48.6. The van der Waals surface area contributed by atoms with Crippen molar-refractivity contribution in [2.75, 3.05) is 18.8 Å². The lowest BCUT2D eigenvalue weighted by molar-refractivity contribution is -0.273. The van der Waals surface area contributed by atoms with Crippen LogP contribution in [0.4, 0.5) is 0 Å². The fraction of sp³-hybridized carbons (Fsp3) is 0.692. The van der Waals surface area contributed by atoms with Gasteiger partial charge in [0, 0.05) is 19.0 Å². The highest BCUT2D eigenvalue weighted by Gasteiger charge is 2.69. The maximum Gasteiger partial charge on any atom is 0.422 e. The zero-order chi connectivity index (χ0) is 17.8. The van der Waals surface area contributed by atoms with Crippen LogP contribution in [0.3, 0.4) is 0 Å². The van der Waals surface area contributed by atoms with Crippen molar-refractivity contribution in [2.45, 2.75) is 36.8 Å². The summed E-state index contributed by atoms with van der Waals surface area (Å²) in [6.07, 6.45) is 0.324. The fourth-order valence-electron chi connectivity index (χ4n) is 3.50. The van der Waals surface area contributed by atoms with E-state index in [9.17, 15) is 18.0 Å². The third-order valence-electron chi connectivity index (χ3n) is 4.53. The highest BCUT2D eigenvalue weighted by atomic mass is 32.2. The van der Waals surface area contributed by atoms with Gasteiger partial charge < -0.3 is 14.2 Å². The summed E-state index contributed by atoms with van der Waals surface area (Å²) in [6, 6.07) is 0. The Morgan fingerprint density at radius 2 is 2.04 bits per heavy atom. The largest absolute Gasteiger partial charge is 0.461 e. The van der Waals surface area contributed by atoms with Gasteiger partial charge in [0.05, 0.1) is 17.5 Å². The van der Waals surface area contributed by atoms with Crippen molar-refractivity contribution in [1.82, 2.24) is 13.6 Å². The minimum atomic E-state index is -3.63. The number of hydrogen-bond acceptors (Lipinski definition) is 11. The van der Waals surface area contributed by atoms with Crippen molar-refractivity contribution in [2.24, 2.45) is 5.92 Å². The molecule has 0 saturated carbocycles. The smallest absolute Gasteiger partial charge is 0.422 e. The van der Waals surface area contributed by atoms with Crippen LogP contribution >= 0.6 is 11.7 Å². The van der Waals surface area contributed by atoms with Crippen LogP contribution in [0, 0.1) is 5.92 Å². The van der Waals surface area contributed by atoms with E-state index in [1.807, 2.05) is 0 Å². The van der Waals surface area contributed by atoms with Crippen molar-refractivity contribution < 1.29 is 32.2 Å². The number of sulfone groups is 1. The number of esters is 2. The first-order chi connectivity index (χ1) is 11.9. The Morgan fingerprint density at radius 1 is 1.32 bits per heavy atom. The van der Waals surface area contributed by atoms with Gasteiger partial charge in [-0.1, -0.05) is 6.92 Å². The standard InChI is InChI=1S/C13H15N3O7S2/c1-2-5-25(19,20)10-9(14-24-15-10)21-8-7-3-4-16(6-7)13(8)22-11(17)12(18)23-13/h7-8H,2-6H2,1H3. The molecule has 3 unspecified atom stereocenters. The van der Waals surface area contributed by atoms with Gasteiger partial charge in [-0.2, -0.15) is 4.37 Å². The highest BCUT2D eigenvalue weighted by molar-refractivity contribution is 7.91. The molecule has 136 valence electrons. The van der Waals surface area contributed by atoms with Crippen molar-refractivity contribution in [3.63, 3.8) is 0 Å². The molecule has 4 rings (SSSR count). The van der Waals surface area contributed by atoms with Crippen LogP contribution in [-0.4, -0.2) is 64.9 Å². The molecular formula is C13H15N3O7S2. The molecule has 3 aliphatic heterocycles. The molecule has 25 heavy (non-hydrogen) atoms. The lowest BCUT2D eigenvalue weighted by Gasteiger charge is -2.36. The van der Waals surface area contributed by atoms with E-state index in [-0.39, 0.29) is 22.6 Å². The van der Waals surface area contributed by atoms with Crippen LogP contribution in [0.25, 0.3) is 0 Å². The first kappa shape index (κ1) is 16.7. The van der Waals surface area contributed by atoms with Crippen LogP contribution in [-0.2, 0) is 28.9 Å². The third-order valence-corrected chi connectivity index (χ3v) is 6.96. The lowest BCUT2D eigenvalue weighted by Crippen LogP contribution is -2.57. The molecule has 0 aromatic carbocycles. The molecule has 12 heteroatoms. The molecule has 3 fully saturated rings. The summed E-state index contributed by atoms with van der Waals surface area (Å²) >= 11 is 0.721. The molecule has 3 atom stereocenters. The maximum atomic E-state index is 12.3. The van der Waals surface area contributed by atoms with E-state index in [0.717, 1.165) is 18.1 Å². The minimum absolute atomic E-state index is 0.0793. The molecule has 0 N–H and O–H groups in total. The Hall–Kier alpha value is -1.79.